The summed E-state index contributed by atoms with van der Waals surface area (Å²) in [6, 6.07) is 1.54. The number of hydrogen-bond donors (Lipinski definition) is 1. The predicted molar refractivity (Wildman–Crippen MR) is 94.2 cm³/mol. The van der Waals surface area contributed by atoms with Crippen molar-refractivity contribution in [3.63, 3.8) is 0 Å². The van der Waals surface area contributed by atoms with Crippen molar-refractivity contribution in [2.45, 2.75) is 58.8 Å². The third-order valence-electron chi connectivity index (χ3n) is 4.39. The lowest BCUT2D eigenvalue weighted by Crippen LogP contribution is -2.45. The van der Waals surface area contributed by atoms with Crippen molar-refractivity contribution >= 4 is 14.2 Å². The number of nitrogens with zero attached hydrogens (tertiary/aromatic N) is 2. The second-order valence-electron chi connectivity index (χ2n) is 7.49. The minimum atomic E-state index is -1.84. The van der Waals surface area contributed by atoms with Gasteiger partial charge in [0.2, 0.25) is 0 Å². The van der Waals surface area contributed by atoms with Crippen LogP contribution >= 0.6 is 0 Å². The highest BCUT2D eigenvalue weighted by atomic mass is 28.4. The van der Waals surface area contributed by atoms with Gasteiger partial charge in [-0.15, -0.1) is 0 Å². The molecule has 0 saturated heterocycles. The number of aromatic amines is 1. The molecule has 0 aliphatic heterocycles. The number of amides is 1. The van der Waals surface area contributed by atoms with Crippen molar-refractivity contribution in [1.29, 1.82) is 0 Å². The Morgan fingerprint density at radius 1 is 1.39 bits per heavy atom. The lowest BCUT2D eigenvalue weighted by atomic mass is 10.2. The lowest BCUT2D eigenvalue weighted by molar-refractivity contribution is 0.0663. The normalized spacial score (nSPS) is 12.5. The average Bonchev–Trinajstić information content (AvgIpc) is 2.41. The van der Waals surface area contributed by atoms with Crippen LogP contribution in [0, 0.1) is 0 Å². The number of nitrogens with one attached hydrogen (secondary N) is 1. The van der Waals surface area contributed by atoms with E-state index >= 15 is 0 Å². The molecule has 0 spiro atoms. The zero-order chi connectivity index (χ0) is 17.8. The van der Waals surface area contributed by atoms with E-state index < -0.39 is 14.0 Å². The second-order valence-corrected chi connectivity index (χ2v) is 12.3. The molecule has 0 fully saturated rings. The molecule has 130 valence electrons. The molecule has 6 nitrogen and oxygen atoms in total. The summed E-state index contributed by atoms with van der Waals surface area (Å²) in [5.41, 5.74) is -0.261. The highest BCUT2D eigenvalue weighted by Gasteiger charge is 2.37. The first-order valence-corrected chi connectivity index (χ1v) is 10.9. The molecule has 7 heteroatoms. The third-order valence-corrected chi connectivity index (χ3v) is 8.93. The van der Waals surface area contributed by atoms with Gasteiger partial charge in [0.1, 0.15) is 5.69 Å². The van der Waals surface area contributed by atoms with Crippen molar-refractivity contribution in [3.05, 3.63) is 28.4 Å². The minimum absolute atomic E-state index is 0.0159. The van der Waals surface area contributed by atoms with Crippen LogP contribution < -0.4 is 5.69 Å². The smallest absolute Gasteiger partial charge is 0.345 e. The summed E-state index contributed by atoms with van der Waals surface area (Å²) >= 11 is 0. The van der Waals surface area contributed by atoms with E-state index in [1.165, 1.54) is 12.3 Å². The summed E-state index contributed by atoms with van der Waals surface area (Å²) in [4.78, 5) is 31.6. The minimum Gasteiger partial charge on any atom is -0.415 e. The molecule has 1 aromatic heterocycles. The van der Waals surface area contributed by atoms with Gasteiger partial charge in [0.25, 0.3) is 5.91 Å². The summed E-state index contributed by atoms with van der Waals surface area (Å²) in [7, 11) is -1.84. The molecule has 1 rings (SSSR count). The number of rotatable bonds is 6. The number of hydrogen-bond acceptors (Lipinski definition) is 4. The third kappa shape index (κ3) is 5.28. The Morgan fingerprint density at radius 2 is 2.00 bits per heavy atom. The molecule has 0 aliphatic carbocycles. The molecule has 0 aromatic carbocycles. The summed E-state index contributed by atoms with van der Waals surface area (Å²) in [6.45, 7) is 15.8. The van der Waals surface area contributed by atoms with Crippen LogP contribution in [0.1, 0.15) is 45.1 Å². The summed E-state index contributed by atoms with van der Waals surface area (Å²) in [5.74, 6) is -0.210. The number of carbonyl (C=O) groups is 1. The highest BCUT2D eigenvalue weighted by molar-refractivity contribution is 6.74. The molecule has 1 heterocycles. The van der Waals surface area contributed by atoms with Crippen LogP contribution in [0.4, 0.5) is 0 Å². The van der Waals surface area contributed by atoms with Crippen LogP contribution in [0.3, 0.4) is 0 Å². The van der Waals surface area contributed by atoms with Crippen molar-refractivity contribution in [2.75, 3.05) is 13.2 Å². The van der Waals surface area contributed by atoms with Crippen molar-refractivity contribution < 1.29 is 9.22 Å². The molecule has 1 N–H and O–H groups in total. The van der Waals surface area contributed by atoms with E-state index in [0.29, 0.717) is 13.2 Å². The highest BCUT2D eigenvalue weighted by Crippen LogP contribution is 2.36. The fourth-order valence-corrected chi connectivity index (χ4v) is 2.89. The monoisotopic (exact) mass is 339 g/mol. The lowest BCUT2D eigenvalue weighted by Gasteiger charge is -2.37. The van der Waals surface area contributed by atoms with Crippen LogP contribution in [0.15, 0.2) is 17.1 Å². The average molecular weight is 340 g/mol. The SMILES string of the molecule is CC(C)N(CCO[Si](C)(C)C(C)(C)C)C(=O)c1ccnc(=O)[nH]1. The number of carbonyl (C=O) groups excluding carboxylic acids is 1. The molecule has 0 bridgehead atoms. The van der Waals surface area contributed by atoms with Gasteiger partial charge in [-0.3, -0.25) is 4.79 Å². The van der Waals surface area contributed by atoms with Gasteiger partial charge in [-0.05, 0) is 38.0 Å². The predicted octanol–water partition coefficient (Wildman–Crippen LogP) is 2.64. The molecule has 0 radical (unpaired) electrons. The fourth-order valence-electron chi connectivity index (χ4n) is 1.86. The first kappa shape index (κ1) is 19.6. The molecule has 0 atom stereocenters. The fraction of sp³-hybridized carbons (Fsp3) is 0.688. The topological polar surface area (TPSA) is 75.3 Å². The largest absolute Gasteiger partial charge is 0.415 e. The summed E-state index contributed by atoms with van der Waals surface area (Å²) in [5, 5.41) is 0.135. The maximum absolute atomic E-state index is 12.6. The van der Waals surface area contributed by atoms with Crippen LogP contribution in [-0.2, 0) is 4.43 Å². The maximum atomic E-state index is 12.6. The Hall–Kier alpha value is -1.47. The molecule has 1 aromatic rings. The first-order valence-electron chi connectivity index (χ1n) is 7.96. The second kappa shape index (κ2) is 7.40. The van der Waals surface area contributed by atoms with E-state index in [1.807, 2.05) is 13.8 Å². The van der Waals surface area contributed by atoms with E-state index in [0.717, 1.165) is 0 Å². The van der Waals surface area contributed by atoms with Gasteiger partial charge in [-0.2, -0.15) is 0 Å². The van der Waals surface area contributed by atoms with Gasteiger partial charge in [0.15, 0.2) is 8.32 Å². The van der Waals surface area contributed by atoms with Crippen LogP contribution in [0.25, 0.3) is 0 Å². The Labute approximate surface area is 139 Å². The number of H-pyrrole nitrogens is 1. The van der Waals surface area contributed by atoms with Gasteiger partial charge in [-0.1, -0.05) is 20.8 Å². The van der Waals surface area contributed by atoms with Gasteiger partial charge in [0.05, 0.1) is 6.61 Å². The summed E-state index contributed by atoms with van der Waals surface area (Å²) < 4.78 is 6.15. The van der Waals surface area contributed by atoms with Gasteiger partial charge in [-0.25, -0.2) is 9.78 Å². The Morgan fingerprint density at radius 3 is 2.48 bits per heavy atom. The van der Waals surface area contributed by atoms with Crippen molar-refractivity contribution in [1.82, 2.24) is 14.9 Å². The zero-order valence-electron chi connectivity index (χ0n) is 15.3. The maximum Gasteiger partial charge on any atom is 0.345 e. The van der Waals surface area contributed by atoms with E-state index in [9.17, 15) is 9.59 Å². The van der Waals surface area contributed by atoms with E-state index in [1.54, 1.807) is 4.90 Å². The Bertz CT molecular complexity index is 591. The van der Waals surface area contributed by atoms with E-state index in [2.05, 4.69) is 43.8 Å². The van der Waals surface area contributed by atoms with Crippen LogP contribution in [0.2, 0.25) is 18.1 Å². The molecule has 0 unspecified atom stereocenters. The standard InChI is InChI=1S/C16H29N3O3Si/c1-12(2)19(10-11-22-23(6,7)16(3,4)5)14(20)13-8-9-17-15(21)18-13/h8-9,12H,10-11H2,1-7H3,(H,17,18,21). The Balaban J connectivity index is 2.77. The quantitative estimate of drug-likeness (QED) is 0.809. The Kier molecular flexibility index (Phi) is 6.30. The number of aromatic nitrogens is 2. The van der Waals surface area contributed by atoms with Gasteiger partial charge in [0, 0.05) is 18.8 Å². The van der Waals surface area contributed by atoms with Crippen LogP contribution in [0.5, 0.6) is 0 Å². The molecule has 0 aliphatic rings. The van der Waals surface area contributed by atoms with Gasteiger partial charge < -0.3 is 14.3 Å². The van der Waals surface area contributed by atoms with Crippen molar-refractivity contribution in [2.24, 2.45) is 0 Å². The zero-order valence-corrected chi connectivity index (χ0v) is 16.3. The molecular weight excluding hydrogens is 310 g/mol. The van der Waals surface area contributed by atoms with E-state index in [4.69, 9.17) is 4.43 Å². The molecule has 23 heavy (non-hydrogen) atoms. The van der Waals surface area contributed by atoms with E-state index in [-0.39, 0.29) is 22.7 Å². The first-order chi connectivity index (χ1) is 10.5. The molecule has 0 saturated carbocycles. The molecular formula is C16H29N3O3Si. The van der Waals surface area contributed by atoms with Crippen LogP contribution in [-0.4, -0.2) is 48.3 Å². The molecule has 1 amide bonds. The summed E-state index contributed by atoms with van der Waals surface area (Å²) in [6.07, 6.45) is 1.34. The van der Waals surface area contributed by atoms with Crippen molar-refractivity contribution in [3.8, 4) is 0 Å². The van der Waals surface area contributed by atoms with Gasteiger partial charge >= 0.3 is 5.69 Å².